The predicted molar refractivity (Wildman–Crippen MR) is 101 cm³/mol. The van der Waals surface area contributed by atoms with Crippen molar-refractivity contribution in [2.24, 2.45) is 0 Å². The quantitative estimate of drug-likeness (QED) is 0.664. The van der Waals surface area contributed by atoms with Crippen molar-refractivity contribution in [2.45, 2.75) is 6.42 Å². The number of halogens is 3. The number of pyridine rings is 1. The first-order valence-corrected chi connectivity index (χ1v) is 8.68. The lowest BCUT2D eigenvalue weighted by Crippen LogP contribution is -2.27. The molecule has 2 amide bonds. The summed E-state index contributed by atoms with van der Waals surface area (Å²) in [5.41, 5.74) is 0.895. The summed E-state index contributed by atoms with van der Waals surface area (Å²) in [7, 11) is 0. The molecule has 2 aromatic carbocycles. The first-order valence-electron chi connectivity index (χ1n) is 8.68. The second kappa shape index (κ2) is 9.01. The molecule has 0 bridgehead atoms. The molecule has 0 saturated carbocycles. The molecule has 29 heavy (non-hydrogen) atoms. The van der Waals surface area contributed by atoms with Gasteiger partial charge in [0.2, 0.25) is 0 Å². The predicted octanol–water partition coefficient (Wildman–Crippen LogP) is 3.72. The molecular weight excluding hydrogens is 383 g/mol. The number of carbonyl (C=O) groups is 2. The van der Waals surface area contributed by atoms with Gasteiger partial charge in [0, 0.05) is 18.3 Å². The summed E-state index contributed by atoms with van der Waals surface area (Å²) in [6.45, 7) is 0.303. The van der Waals surface area contributed by atoms with Crippen LogP contribution in [0.3, 0.4) is 0 Å². The number of aromatic nitrogens is 1. The van der Waals surface area contributed by atoms with Crippen LogP contribution in [0.5, 0.6) is 0 Å². The van der Waals surface area contributed by atoms with E-state index in [-0.39, 0.29) is 22.9 Å². The Balaban J connectivity index is 1.60. The number of anilines is 1. The number of nitrogens with one attached hydrogen (secondary N) is 2. The average Bonchev–Trinajstić information content (AvgIpc) is 2.72. The number of benzene rings is 2. The molecule has 0 spiro atoms. The first-order chi connectivity index (χ1) is 13.9. The molecule has 1 aromatic heterocycles. The largest absolute Gasteiger partial charge is 0.350 e. The smallest absolute Gasteiger partial charge is 0.274 e. The van der Waals surface area contributed by atoms with Gasteiger partial charge in [0.15, 0.2) is 11.6 Å². The molecule has 3 aromatic rings. The molecule has 0 fully saturated rings. The number of carbonyl (C=O) groups excluding carboxylic acids is 2. The van der Waals surface area contributed by atoms with Gasteiger partial charge in [-0.15, -0.1) is 0 Å². The third kappa shape index (κ3) is 5.41. The van der Waals surface area contributed by atoms with Gasteiger partial charge < -0.3 is 10.6 Å². The zero-order chi connectivity index (χ0) is 20.8. The molecular formula is C21H16F3N3O2. The van der Waals surface area contributed by atoms with Gasteiger partial charge >= 0.3 is 0 Å². The van der Waals surface area contributed by atoms with Crippen LogP contribution in [0.4, 0.5) is 18.9 Å². The fourth-order valence-corrected chi connectivity index (χ4v) is 2.52. The third-order valence-corrected chi connectivity index (χ3v) is 4.00. The maximum absolute atomic E-state index is 13.2. The Bertz CT molecular complexity index is 1040. The molecule has 0 aliphatic rings. The highest BCUT2D eigenvalue weighted by atomic mass is 19.2. The summed E-state index contributed by atoms with van der Waals surface area (Å²) >= 11 is 0. The molecule has 0 atom stereocenters. The van der Waals surface area contributed by atoms with Gasteiger partial charge in [-0.05, 0) is 48.4 Å². The summed E-state index contributed by atoms with van der Waals surface area (Å²) < 4.78 is 39.1. The SMILES string of the molecule is O=C(NCCc1ccc(F)cc1)c1cccc(C(=O)Nc2ccc(F)c(F)c2)n1. The molecule has 0 saturated heterocycles. The Labute approximate surface area is 164 Å². The van der Waals surface area contributed by atoms with Crippen LogP contribution in [-0.4, -0.2) is 23.3 Å². The lowest BCUT2D eigenvalue weighted by atomic mass is 10.1. The number of nitrogens with zero attached hydrogens (tertiary/aromatic N) is 1. The van der Waals surface area contributed by atoms with Crippen LogP contribution in [0.15, 0.2) is 60.7 Å². The summed E-state index contributed by atoms with van der Waals surface area (Å²) in [5, 5.41) is 5.06. The van der Waals surface area contributed by atoms with Crippen molar-refractivity contribution in [2.75, 3.05) is 11.9 Å². The van der Waals surface area contributed by atoms with Gasteiger partial charge in [0.25, 0.3) is 11.8 Å². The third-order valence-electron chi connectivity index (χ3n) is 4.00. The van der Waals surface area contributed by atoms with Crippen molar-refractivity contribution in [1.82, 2.24) is 10.3 Å². The second-order valence-corrected chi connectivity index (χ2v) is 6.12. The van der Waals surface area contributed by atoms with Crippen molar-refractivity contribution in [3.05, 3.63) is 95.1 Å². The van der Waals surface area contributed by atoms with Gasteiger partial charge in [0.1, 0.15) is 17.2 Å². The van der Waals surface area contributed by atoms with Crippen molar-refractivity contribution in [3.8, 4) is 0 Å². The molecule has 0 unspecified atom stereocenters. The van der Waals surface area contributed by atoms with Crippen LogP contribution in [0.25, 0.3) is 0 Å². The van der Waals surface area contributed by atoms with Crippen LogP contribution >= 0.6 is 0 Å². The van der Waals surface area contributed by atoms with E-state index in [1.54, 1.807) is 12.1 Å². The minimum Gasteiger partial charge on any atom is -0.350 e. The number of hydrogen-bond donors (Lipinski definition) is 2. The van der Waals surface area contributed by atoms with Gasteiger partial charge in [-0.25, -0.2) is 18.2 Å². The lowest BCUT2D eigenvalue weighted by molar-refractivity contribution is 0.0949. The number of rotatable bonds is 6. The summed E-state index contributed by atoms with van der Waals surface area (Å²) in [6.07, 6.45) is 0.502. The molecule has 0 aliphatic carbocycles. The van der Waals surface area contributed by atoms with Crippen molar-refractivity contribution in [1.29, 1.82) is 0 Å². The van der Waals surface area contributed by atoms with Crippen LogP contribution in [-0.2, 0) is 6.42 Å². The Kier molecular flexibility index (Phi) is 6.23. The van der Waals surface area contributed by atoms with Crippen LogP contribution in [0.2, 0.25) is 0 Å². The van der Waals surface area contributed by atoms with E-state index in [9.17, 15) is 22.8 Å². The van der Waals surface area contributed by atoms with E-state index in [0.717, 1.165) is 17.7 Å². The maximum Gasteiger partial charge on any atom is 0.274 e. The fourth-order valence-electron chi connectivity index (χ4n) is 2.52. The monoisotopic (exact) mass is 399 g/mol. The molecule has 1 heterocycles. The second-order valence-electron chi connectivity index (χ2n) is 6.12. The van der Waals surface area contributed by atoms with E-state index in [1.807, 2.05) is 0 Å². The normalized spacial score (nSPS) is 10.4. The average molecular weight is 399 g/mol. The Morgan fingerprint density at radius 1 is 0.828 bits per heavy atom. The zero-order valence-electron chi connectivity index (χ0n) is 15.1. The Hall–Kier alpha value is -3.68. The molecule has 5 nitrogen and oxygen atoms in total. The summed E-state index contributed by atoms with van der Waals surface area (Å²) in [6, 6.07) is 13.2. The van der Waals surface area contributed by atoms with E-state index in [1.165, 1.54) is 36.4 Å². The standard InChI is InChI=1S/C21H16F3N3O2/c22-14-6-4-13(5-7-14)10-11-25-20(28)18-2-1-3-19(27-18)21(29)26-15-8-9-16(23)17(24)12-15/h1-9,12H,10-11H2,(H,25,28)(H,26,29). The highest BCUT2D eigenvalue weighted by Crippen LogP contribution is 2.14. The highest BCUT2D eigenvalue weighted by molar-refractivity contribution is 6.03. The van der Waals surface area contributed by atoms with Crippen LogP contribution in [0.1, 0.15) is 26.5 Å². The molecule has 0 aliphatic heterocycles. The van der Waals surface area contributed by atoms with Crippen LogP contribution < -0.4 is 10.6 Å². The summed E-state index contributed by atoms with van der Waals surface area (Å²) in [5.74, 6) is -3.60. The molecule has 0 radical (unpaired) electrons. The van der Waals surface area contributed by atoms with E-state index in [2.05, 4.69) is 15.6 Å². The zero-order valence-corrected chi connectivity index (χ0v) is 15.1. The van der Waals surface area contributed by atoms with E-state index in [0.29, 0.717) is 13.0 Å². The van der Waals surface area contributed by atoms with Gasteiger partial charge in [-0.1, -0.05) is 18.2 Å². The topological polar surface area (TPSA) is 71.1 Å². The minimum absolute atomic E-state index is 0.0297. The van der Waals surface area contributed by atoms with E-state index < -0.39 is 23.4 Å². The molecule has 3 rings (SSSR count). The van der Waals surface area contributed by atoms with Gasteiger partial charge in [-0.3, -0.25) is 9.59 Å². The lowest BCUT2D eigenvalue weighted by Gasteiger charge is -2.08. The van der Waals surface area contributed by atoms with Crippen molar-refractivity contribution >= 4 is 17.5 Å². The molecule has 8 heteroatoms. The minimum atomic E-state index is -1.09. The maximum atomic E-state index is 13.2. The number of amides is 2. The van der Waals surface area contributed by atoms with Crippen molar-refractivity contribution in [3.63, 3.8) is 0 Å². The van der Waals surface area contributed by atoms with E-state index in [4.69, 9.17) is 0 Å². The summed E-state index contributed by atoms with van der Waals surface area (Å²) in [4.78, 5) is 28.5. The van der Waals surface area contributed by atoms with E-state index >= 15 is 0 Å². The van der Waals surface area contributed by atoms with Gasteiger partial charge in [-0.2, -0.15) is 0 Å². The molecule has 148 valence electrons. The molecule has 2 N–H and O–H groups in total. The Morgan fingerprint density at radius 3 is 2.21 bits per heavy atom. The van der Waals surface area contributed by atoms with Gasteiger partial charge in [0.05, 0.1) is 0 Å². The Morgan fingerprint density at radius 2 is 1.52 bits per heavy atom. The van der Waals surface area contributed by atoms with Crippen LogP contribution in [0, 0.1) is 17.5 Å². The number of hydrogen-bond acceptors (Lipinski definition) is 3. The fraction of sp³-hybridized carbons (Fsp3) is 0.0952. The van der Waals surface area contributed by atoms with Crippen molar-refractivity contribution < 1.29 is 22.8 Å². The highest BCUT2D eigenvalue weighted by Gasteiger charge is 2.13. The first kappa shape index (κ1) is 20.1.